The van der Waals surface area contributed by atoms with Gasteiger partial charge in [0.25, 0.3) is 5.91 Å². The molecule has 0 saturated carbocycles. The van der Waals surface area contributed by atoms with E-state index in [1.807, 2.05) is 42.5 Å². The van der Waals surface area contributed by atoms with Gasteiger partial charge in [-0.1, -0.05) is 60.7 Å². The smallest absolute Gasteiger partial charge is 0.254 e. The molecule has 0 saturated heterocycles. The molecule has 1 amide bonds. The molecule has 0 spiro atoms. The Morgan fingerprint density at radius 2 is 1.67 bits per heavy atom. The van der Waals surface area contributed by atoms with E-state index in [9.17, 15) is 9.90 Å². The second kappa shape index (κ2) is 7.22. The number of aliphatic hydroxyl groups is 1. The Bertz CT molecular complexity index is 620. The fourth-order valence-electron chi connectivity index (χ4n) is 2.02. The van der Waals surface area contributed by atoms with Crippen LogP contribution in [0.4, 0.5) is 0 Å². The average molecular weight is 280 g/mol. The molecule has 2 aromatic rings. The van der Waals surface area contributed by atoms with Crippen molar-refractivity contribution in [3.05, 3.63) is 71.8 Å². The molecule has 2 N–H and O–H groups in total. The summed E-state index contributed by atoms with van der Waals surface area (Å²) in [5.74, 6) is -0.566. The number of nitrogens with zero attached hydrogens (tertiary/aromatic N) is 1. The normalized spacial score (nSPS) is 13.0. The predicted molar refractivity (Wildman–Crippen MR) is 79.1 cm³/mol. The maximum absolute atomic E-state index is 12.0. The minimum absolute atomic E-state index is 0.407. The lowest BCUT2D eigenvalue weighted by Crippen LogP contribution is -2.38. The number of amides is 1. The van der Waals surface area contributed by atoms with Gasteiger partial charge >= 0.3 is 0 Å². The van der Waals surface area contributed by atoms with Gasteiger partial charge in [-0.25, -0.2) is 0 Å². The van der Waals surface area contributed by atoms with Gasteiger partial charge in [-0.15, -0.1) is 0 Å². The van der Waals surface area contributed by atoms with E-state index in [1.165, 1.54) is 0 Å². The zero-order valence-electron chi connectivity index (χ0n) is 11.4. The lowest BCUT2D eigenvalue weighted by Gasteiger charge is -2.15. The Morgan fingerprint density at radius 1 is 1.10 bits per heavy atom. The van der Waals surface area contributed by atoms with Gasteiger partial charge in [-0.2, -0.15) is 5.26 Å². The minimum Gasteiger partial charge on any atom is -0.378 e. The third-order valence-corrected chi connectivity index (χ3v) is 3.12. The highest BCUT2D eigenvalue weighted by atomic mass is 16.3. The standard InChI is InChI=1S/C17H16N2O2/c18-12-15(11-13-7-3-1-4-8-13)19-17(21)16(20)14-9-5-2-6-10-14/h1-10,15-16,20H,11H2,(H,19,21)/t15-,16-/m0/s1. The quantitative estimate of drug-likeness (QED) is 0.879. The molecule has 2 aromatic carbocycles. The number of aliphatic hydroxyl groups excluding tert-OH is 1. The first-order chi connectivity index (χ1) is 10.2. The Kier molecular flexibility index (Phi) is 5.08. The van der Waals surface area contributed by atoms with E-state index in [1.54, 1.807) is 24.3 Å². The molecule has 0 aliphatic rings. The van der Waals surface area contributed by atoms with Crippen LogP contribution in [0.3, 0.4) is 0 Å². The molecular weight excluding hydrogens is 264 g/mol. The van der Waals surface area contributed by atoms with Crippen molar-refractivity contribution >= 4 is 5.91 Å². The predicted octanol–water partition coefficient (Wildman–Crippen LogP) is 1.97. The Balaban J connectivity index is 1.99. The highest BCUT2D eigenvalue weighted by molar-refractivity contribution is 5.82. The van der Waals surface area contributed by atoms with Crippen LogP contribution in [0.2, 0.25) is 0 Å². The molecule has 4 nitrogen and oxygen atoms in total. The maximum atomic E-state index is 12.0. The first kappa shape index (κ1) is 14.8. The van der Waals surface area contributed by atoms with Crippen molar-refractivity contribution in [3.8, 4) is 6.07 Å². The van der Waals surface area contributed by atoms with Gasteiger partial charge in [-0.05, 0) is 11.1 Å². The van der Waals surface area contributed by atoms with Crippen LogP contribution in [0, 0.1) is 11.3 Å². The van der Waals surface area contributed by atoms with Crippen LogP contribution in [-0.4, -0.2) is 17.1 Å². The zero-order valence-corrected chi connectivity index (χ0v) is 11.4. The van der Waals surface area contributed by atoms with Crippen LogP contribution in [-0.2, 0) is 11.2 Å². The third kappa shape index (κ3) is 4.16. The van der Waals surface area contributed by atoms with Gasteiger partial charge in [0, 0.05) is 6.42 Å². The fraction of sp³-hybridized carbons (Fsp3) is 0.176. The van der Waals surface area contributed by atoms with Gasteiger partial charge in [0.1, 0.15) is 6.04 Å². The number of carbonyl (C=O) groups excluding carboxylic acids is 1. The largest absolute Gasteiger partial charge is 0.378 e. The molecular formula is C17H16N2O2. The average Bonchev–Trinajstić information content (AvgIpc) is 2.55. The van der Waals surface area contributed by atoms with Crippen molar-refractivity contribution in [1.29, 1.82) is 5.26 Å². The Hall–Kier alpha value is -2.64. The maximum Gasteiger partial charge on any atom is 0.254 e. The third-order valence-electron chi connectivity index (χ3n) is 3.12. The number of hydrogen-bond donors (Lipinski definition) is 2. The summed E-state index contributed by atoms with van der Waals surface area (Å²) in [5, 5.41) is 21.7. The van der Waals surface area contributed by atoms with Crippen molar-refractivity contribution in [2.24, 2.45) is 0 Å². The molecule has 2 atom stereocenters. The number of benzene rings is 2. The molecule has 0 fully saturated rings. The topological polar surface area (TPSA) is 73.1 Å². The summed E-state index contributed by atoms with van der Waals surface area (Å²) < 4.78 is 0. The van der Waals surface area contributed by atoms with Gasteiger partial charge in [0.05, 0.1) is 6.07 Å². The van der Waals surface area contributed by atoms with E-state index in [0.717, 1.165) is 5.56 Å². The van der Waals surface area contributed by atoms with Crippen LogP contribution in [0.1, 0.15) is 17.2 Å². The Morgan fingerprint density at radius 3 is 2.24 bits per heavy atom. The van der Waals surface area contributed by atoms with Crippen LogP contribution >= 0.6 is 0 Å². The van der Waals surface area contributed by atoms with E-state index in [2.05, 4.69) is 5.32 Å². The lowest BCUT2D eigenvalue weighted by atomic mass is 10.1. The second-order valence-corrected chi connectivity index (χ2v) is 4.69. The van der Waals surface area contributed by atoms with Gasteiger partial charge < -0.3 is 10.4 Å². The van der Waals surface area contributed by atoms with Crippen molar-refractivity contribution in [3.63, 3.8) is 0 Å². The number of hydrogen-bond acceptors (Lipinski definition) is 3. The zero-order chi connectivity index (χ0) is 15.1. The summed E-state index contributed by atoms with van der Waals surface area (Å²) >= 11 is 0. The lowest BCUT2D eigenvalue weighted by molar-refractivity contribution is -0.130. The highest BCUT2D eigenvalue weighted by Crippen LogP contribution is 2.12. The molecule has 106 valence electrons. The molecule has 0 aliphatic heterocycles. The van der Waals surface area contributed by atoms with Crippen LogP contribution in [0.25, 0.3) is 0 Å². The minimum atomic E-state index is -1.27. The fourth-order valence-corrected chi connectivity index (χ4v) is 2.02. The summed E-state index contributed by atoms with van der Waals surface area (Å²) in [4.78, 5) is 12.0. The van der Waals surface area contributed by atoms with Gasteiger partial charge in [0.2, 0.25) is 0 Å². The first-order valence-corrected chi connectivity index (χ1v) is 6.67. The molecule has 21 heavy (non-hydrogen) atoms. The summed E-state index contributed by atoms with van der Waals surface area (Å²) in [6, 6.07) is 19.5. The number of rotatable bonds is 5. The monoisotopic (exact) mass is 280 g/mol. The van der Waals surface area contributed by atoms with Crippen molar-refractivity contribution in [1.82, 2.24) is 5.32 Å². The van der Waals surface area contributed by atoms with Crippen molar-refractivity contribution in [2.45, 2.75) is 18.6 Å². The number of nitriles is 1. The van der Waals surface area contributed by atoms with E-state index < -0.39 is 18.1 Å². The highest BCUT2D eigenvalue weighted by Gasteiger charge is 2.20. The summed E-state index contributed by atoms with van der Waals surface area (Å²) in [6.45, 7) is 0. The number of carbonyl (C=O) groups is 1. The second-order valence-electron chi connectivity index (χ2n) is 4.69. The Labute approximate surface area is 123 Å². The number of nitrogens with one attached hydrogen (secondary N) is 1. The van der Waals surface area contributed by atoms with E-state index in [4.69, 9.17) is 5.26 Å². The van der Waals surface area contributed by atoms with Crippen LogP contribution in [0.5, 0.6) is 0 Å². The van der Waals surface area contributed by atoms with Crippen molar-refractivity contribution < 1.29 is 9.90 Å². The summed E-state index contributed by atoms with van der Waals surface area (Å²) in [5.41, 5.74) is 1.46. The molecule has 4 heteroatoms. The molecule has 0 aromatic heterocycles. The van der Waals surface area contributed by atoms with Gasteiger partial charge in [-0.3, -0.25) is 4.79 Å². The molecule has 0 heterocycles. The van der Waals surface area contributed by atoms with E-state index in [-0.39, 0.29) is 0 Å². The molecule has 0 radical (unpaired) electrons. The molecule has 0 unspecified atom stereocenters. The molecule has 0 bridgehead atoms. The van der Waals surface area contributed by atoms with Gasteiger partial charge in [0.15, 0.2) is 6.10 Å². The summed E-state index contributed by atoms with van der Waals surface area (Å²) in [6.07, 6.45) is -0.859. The van der Waals surface area contributed by atoms with Crippen LogP contribution in [0.15, 0.2) is 60.7 Å². The van der Waals surface area contributed by atoms with E-state index in [0.29, 0.717) is 12.0 Å². The first-order valence-electron chi connectivity index (χ1n) is 6.67. The molecule has 0 aliphatic carbocycles. The SMILES string of the molecule is N#C[C@H](Cc1ccccc1)NC(=O)[C@@H](O)c1ccccc1. The van der Waals surface area contributed by atoms with Crippen LogP contribution < -0.4 is 5.32 Å². The summed E-state index contributed by atoms with van der Waals surface area (Å²) in [7, 11) is 0. The van der Waals surface area contributed by atoms with E-state index >= 15 is 0 Å². The van der Waals surface area contributed by atoms with Crippen molar-refractivity contribution in [2.75, 3.05) is 0 Å². The molecule has 2 rings (SSSR count).